The predicted molar refractivity (Wildman–Crippen MR) is 88.7 cm³/mol. The second-order valence-electron chi connectivity index (χ2n) is 5.14. The lowest BCUT2D eigenvalue weighted by molar-refractivity contribution is -0.126. The van der Waals surface area contributed by atoms with Crippen molar-refractivity contribution in [1.82, 2.24) is 20.5 Å². The predicted octanol–water partition coefficient (Wildman–Crippen LogP) is 1.23. The molecule has 7 nitrogen and oxygen atoms in total. The number of hydrogen-bond acceptors (Lipinski definition) is 5. The van der Waals surface area contributed by atoms with Gasteiger partial charge in [0.1, 0.15) is 16.8 Å². The monoisotopic (exact) mass is 326 g/mol. The summed E-state index contributed by atoms with van der Waals surface area (Å²) in [6.07, 6.45) is 0.683. The zero-order valence-electron chi connectivity index (χ0n) is 13.3. The third kappa shape index (κ3) is 3.62. The smallest absolute Gasteiger partial charge is 0.260 e. The molecule has 3 aromatic rings. The normalized spacial score (nSPS) is 10.5. The summed E-state index contributed by atoms with van der Waals surface area (Å²) in [5.41, 5.74) is 2.48. The second kappa shape index (κ2) is 7.45. The zero-order chi connectivity index (χ0) is 16.8. The summed E-state index contributed by atoms with van der Waals surface area (Å²) in [4.78, 5) is 18.5. The van der Waals surface area contributed by atoms with E-state index in [0.717, 1.165) is 16.8 Å². The van der Waals surface area contributed by atoms with Crippen LogP contribution >= 0.6 is 0 Å². The SMILES string of the molecule is COc1ccccc1CCNC(=O)COn1nnc2ccccc21. The van der Waals surface area contributed by atoms with Gasteiger partial charge in [-0.2, -0.15) is 0 Å². The molecular formula is C17H18N4O3. The maximum absolute atomic E-state index is 11.9. The number of fused-ring (bicyclic) bond motifs is 1. The summed E-state index contributed by atoms with van der Waals surface area (Å²) >= 11 is 0. The summed E-state index contributed by atoms with van der Waals surface area (Å²) in [6, 6.07) is 15.1. The number of aromatic nitrogens is 3. The molecule has 0 atom stereocenters. The van der Waals surface area contributed by atoms with Gasteiger partial charge in [0.15, 0.2) is 6.61 Å². The molecule has 0 bridgehead atoms. The molecule has 0 radical (unpaired) electrons. The third-order valence-corrected chi connectivity index (χ3v) is 3.55. The minimum Gasteiger partial charge on any atom is -0.496 e. The first-order chi connectivity index (χ1) is 11.8. The van der Waals surface area contributed by atoms with Gasteiger partial charge in [0, 0.05) is 6.54 Å². The van der Waals surface area contributed by atoms with Crippen LogP contribution in [0.25, 0.3) is 11.0 Å². The molecule has 0 saturated carbocycles. The highest BCUT2D eigenvalue weighted by Crippen LogP contribution is 2.17. The van der Waals surface area contributed by atoms with E-state index < -0.39 is 0 Å². The van der Waals surface area contributed by atoms with E-state index in [4.69, 9.17) is 9.57 Å². The quantitative estimate of drug-likeness (QED) is 0.706. The van der Waals surface area contributed by atoms with Crippen LogP contribution in [0.3, 0.4) is 0 Å². The van der Waals surface area contributed by atoms with Gasteiger partial charge in [0.05, 0.1) is 7.11 Å². The van der Waals surface area contributed by atoms with Crippen molar-refractivity contribution in [3.05, 3.63) is 54.1 Å². The highest BCUT2D eigenvalue weighted by Gasteiger charge is 2.08. The largest absolute Gasteiger partial charge is 0.496 e. The topological polar surface area (TPSA) is 78.3 Å². The molecule has 0 saturated heterocycles. The Hall–Kier alpha value is -3.09. The Balaban J connectivity index is 1.48. The number of carbonyl (C=O) groups excluding carboxylic acids is 1. The van der Waals surface area contributed by atoms with Crippen LogP contribution in [-0.2, 0) is 11.2 Å². The first-order valence-electron chi connectivity index (χ1n) is 7.60. The van der Waals surface area contributed by atoms with Crippen molar-refractivity contribution in [2.45, 2.75) is 6.42 Å². The van der Waals surface area contributed by atoms with Crippen molar-refractivity contribution in [2.75, 3.05) is 20.3 Å². The Morgan fingerprint density at radius 3 is 2.83 bits per heavy atom. The molecule has 24 heavy (non-hydrogen) atoms. The van der Waals surface area contributed by atoms with Crippen LogP contribution < -0.4 is 14.9 Å². The van der Waals surface area contributed by atoms with Crippen LogP contribution in [0, 0.1) is 0 Å². The highest BCUT2D eigenvalue weighted by molar-refractivity contribution is 5.77. The van der Waals surface area contributed by atoms with Crippen molar-refractivity contribution >= 4 is 16.9 Å². The van der Waals surface area contributed by atoms with Gasteiger partial charge in [0.25, 0.3) is 5.91 Å². The van der Waals surface area contributed by atoms with E-state index in [0.29, 0.717) is 18.5 Å². The third-order valence-electron chi connectivity index (χ3n) is 3.55. The van der Waals surface area contributed by atoms with E-state index in [1.165, 1.54) is 4.85 Å². The van der Waals surface area contributed by atoms with Crippen molar-refractivity contribution in [1.29, 1.82) is 0 Å². The molecule has 0 unspecified atom stereocenters. The van der Waals surface area contributed by atoms with Crippen molar-refractivity contribution in [3.63, 3.8) is 0 Å². The van der Waals surface area contributed by atoms with E-state index >= 15 is 0 Å². The molecule has 7 heteroatoms. The fraction of sp³-hybridized carbons (Fsp3) is 0.235. The Labute approximate surface area is 139 Å². The van der Waals surface area contributed by atoms with Crippen LogP contribution in [0.2, 0.25) is 0 Å². The molecule has 0 aliphatic rings. The van der Waals surface area contributed by atoms with Gasteiger partial charge in [-0.05, 0) is 35.4 Å². The van der Waals surface area contributed by atoms with Crippen LogP contribution in [-0.4, -0.2) is 41.3 Å². The number of nitrogens with one attached hydrogen (secondary N) is 1. The lowest BCUT2D eigenvalue weighted by Crippen LogP contribution is -2.33. The minimum absolute atomic E-state index is 0.126. The Kier molecular flexibility index (Phi) is 4.90. The van der Waals surface area contributed by atoms with Gasteiger partial charge in [-0.3, -0.25) is 4.79 Å². The van der Waals surface area contributed by atoms with Crippen molar-refractivity contribution in [2.24, 2.45) is 0 Å². The molecule has 124 valence electrons. The number of para-hydroxylation sites is 2. The van der Waals surface area contributed by atoms with Crippen LogP contribution in [0.15, 0.2) is 48.5 Å². The lowest BCUT2D eigenvalue weighted by Gasteiger charge is -2.09. The molecule has 1 N–H and O–H groups in total. The van der Waals surface area contributed by atoms with E-state index in [2.05, 4.69) is 15.6 Å². The minimum atomic E-state index is -0.218. The summed E-state index contributed by atoms with van der Waals surface area (Å²) < 4.78 is 5.28. The summed E-state index contributed by atoms with van der Waals surface area (Å²) in [7, 11) is 1.63. The summed E-state index contributed by atoms with van der Waals surface area (Å²) in [5, 5.41) is 10.6. The highest BCUT2D eigenvalue weighted by atomic mass is 16.7. The molecule has 0 fully saturated rings. The first kappa shape index (κ1) is 15.8. The molecule has 1 heterocycles. The average molecular weight is 326 g/mol. The van der Waals surface area contributed by atoms with Gasteiger partial charge in [-0.1, -0.05) is 35.2 Å². The Morgan fingerprint density at radius 2 is 1.96 bits per heavy atom. The van der Waals surface area contributed by atoms with Gasteiger partial charge < -0.3 is 14.9 Å². The van der Waals surface area contributed by atoms with Crippen molar-refractivity contribution < 1.29 is 14.4 Å². The molecule has 1 aromatic heterocycles. The van der Waals surface area contributed by atoms with Crippen molar-refractivity contribution in [3.8, 4) is 5.75 Å². The van der Waals surface area contributed by atoms with Gasteiger partial charge in [0.2, 0.25) is 0 Å². The van der Waals surface area contributed by atoms with Gasteiger partial charge in [-0.25, -0.2) is 0 Å². The number of carbonyl (C=O) groups is 1. The molecular weight excluding hydrogens is 308 g/mol. The molecule has 1 amide bonds. The first-order valence-corrected chi connectivity index (χ1v) is 7.60. The number of methoxy groups -OCH3 is 1. The summed E-state index contributed by atoms with van der Waals surface area (Å²) in [6.45, 7) is 0.375. The fourth-order valence-corrected chi connectivity index (χ4v) is 2.36. The number of ether oxygens (including phenoxy) is 1. The fourth-order valence-electron chi connectivity index (χ4n) is 2.36. The maximum Gasteiger partial charge on any atom is 0.260 e. The van der Waals surface area contributed by atoms with Gasteiger partial charge >= 0.3 is 0 Å². The van der Waals surface area contributed by atoms with E-state index in [1.807, 2.05) is 48.5 Å². The van der Waals surface area contributed by atoms with Crippen LogP contribution in [0.5, 0.6) is 5.75 Å². The number of hydrogen-bond donors (Lipinski definition) is 1. The van der Waals surface area contributed by atoms with E-state index in [-0.39, 0.29) is 12.5 Å². The van der Waals surface area contributed by atoms with E-state index in [1.54, 1.807) is 7.11 Å². The second-order valence-corrected chi connectivity index (χ2v) is 5.14. The molecule has 2 aromatic carbocycles. The number of nitrogens with zero attached hydrogens (tertiary/aromatic N) is 3. The molecule has 0 aliphatic carbocycles. The Morgan fingerprint density at radius 1 is 1.17 bits per heavy atom. The number of rotatable bonds is 7. The maximum atomic E-state index is 11.9. The number of amides is 1. The Bertz CT molecular complexity index is 831. The van der Waals surface area contributed by atoms with E-state index in [9.17, 15) is 4.79 Å². The summed E-state index contributed by atoms with van der Waals surface area (Å²) in [5.74, 6) is 0.599. The van der Waals surface area contributed by atoms with Crippen LogP contribution in [0.4, 0.5) is 0 Å². The lowest BCUT2D eigenvalue weighted by atomic mass is 10.1. The molecule has 0 aliphatic heterocycles. The standard InChI is InChI=1S/C17H18N4O3/c1-23-16-9-5-2-6-13(16)10-11-18-17(22)12-24-21-15-8-4-3-7-14(15)19-20-21/h2-9H,10-12H2,1H3,(H,18,22). The van der Waals surface area contributed by atoms with Crippen LogP contribution in [0.1, 0.15) is 5.56 Å². The molecule has 0 spiro atoms. The van der Waals surface area contributed by atoms with Gasteiger partial charge in [-0.15, -0.1) is 5.10 Å². The molecule has 3 rings (SSSR count). The number of benzene rings is 2. The average Bonchev–Trinajstić information content (AvgIpc) is 3.03. The zero-order valence-corrected chi connectivity index (χ0v) is 13.3.